The molecular weight excluding hydrogens is 152 g/mol. The molecule has 0 aromatic carbocycles. The lowest BCUT2D eigenvalue weighted by molar-refractivity contribution is -0.134. The molecule has 0 rings (SSSR count). The summed E-state index contributed by atoms with van der Waals surface area (Å²) in [5.74, 6) is -0.833. The van der Waals surface area contributed by atoms with Crippen molar-refractivity contribution >= 4 is 5.97 Å². The zero-order valence-corrected chi connectivity index (χ0v) is 6.96. The maximum Gasteiger partial charge on any atom is 0.300 e. The van der Waals surface area contributed by atoms with Gasteiger partial charge in [0.25, 0.3) is 5.97 Å². The SMILES string of the molecule is CC#N.CC(=O)O.CO.N.O. The number of nitriles is 1. The van der Waals surface area contributed by atoms with Gasteiger partial charge in [0.2, 0.25) is 0 Å². The second-order valence-corrected chi connectivity index (χ2v) is 0.743. The van der Waals surface area contributed by atoms with Crippen LogP contribution in [0.5, 0.6) is 0 Å². The molecule has 0 unspecified atom stereocenters. The Morgan fingerprint density at radius 1 is 1.45 bits per heavy atom. The predicted octanol–water partition coefficient (Wildman–Crippen LogP) is -0.433. The van der Waals surface area contributed by atoms with Crippen molar-refractivity contribution in [2.45, 2.75) is 13.8 Å². The van der Waals surface area contributed by atoms with E-state index in [1.165, 1.54) is 6.92 Å². The third-order valence-corrected chi connectivity index (χ3v) is 0. The van der Waals surface area contributed by atoms with Crippen molar-refractivity contribution in [2.24, 2.45) is 0 Å². The summed E-state index contributed by atoms with van der Waals surface area (Å²) >= 11 is 0. The molecule has 6 nitrogen and oxygen atoms in total. The average molecular weight is 168 g/mol. The standard InChI is InChI=1S/C2H3N.C2H4O2.CH4O.H3N.H2O/c1-2-3;1-2(3)4;1-2;;/h1H3;1H3,(H,3,4);2H,1H3;1H3;1H2. The highest BCUT2D eigenvalue weighted by Gasteiger charge is 1.65. The molecule has 70 valence electrons. The quantitative estimate of drug-likeness (QED) is 0.448. The Hall–Kier alpha value is -1.16. The molecule has 0 aliphatic rings. The van der Waals surface area contributed by atoms with Gasteiger partial charge in [-0.1, -0.05) is 0 Å². The van der Waals surface area contributed by atoms with Gasteiger partial charge in [-0.25, -0.2) is 0 Å². The fraction of sp³-hybridized carbons (Fsp3) is 0.600. The van der Waals surface area contributed by atoms with Crippen molar-refractivity contribution < 1.29 is 20.5 Å². The summed E-state index contributed by atoms with van der Waals surface area (Å²) in [6.07, 6.45) is 0. The molecule has 0 atom stereocenters. The molecule has 0 aromatic rings. The first-order chi connectivity index (χ1) is 4.15. The van der Waals surface area contributed by atoms with Crippen LogP contribution in [0.25, 0.3) is 0 Å². The van der Waals surface area contributed by atoms with Gasteiger partial charge >= 0.3 is 0 Å². The number of aliphatic carboxylic acids is 1. The summed E-state index contributed by atoms with van der Waals surface area (Å²) in [6.45, 7) is 2.51. The summed E-state index contributed by atoms with van der Waals surface area (Å²) in [6, 6.07) is 1.75. The van der Waals surface area contributed by atoms with Crippen molar-refractivity contribution in [2.75, 3.05) is 7.11 Å². The number of hydrogen-bond acceptors (Lipinski definition) is 4. The highest BCUT2D eigenvalue weighted by Crippen LogP contribution is 1.42. The molecule has 0 heterocycles. The Morgan fingerprint density at radius 3 is 1.45 bits per heavy atom. The van der Waals surface area contributed by atoms with Gasteiger partial charge in [-0.3, -0.25) is 4.79 Å². The Bertz CT molecular complexity index is 85.0. The number of rotatable bonds is 0. The Labute approximate surface area is 66.0 Å². The van der Waals surface area contributed by atoms with Gasteiger partial charge < -0.3 is 21.8 Å². The van der Waals surface area contributed by atoms with Gasteiger partial charge in [0.1, 0.15) is 0 Å². The number of carbonyl (C=O) groups is 1. The van der Waals surface area contributed by atoms with Crippen molar-refractivity contribution in [3.63, 3.8) is 0 Å². The highest BCUT2D eigenvalue weighted by atomic mass is 16.4. The van der Waals surface area contributed by atoms with Gasteiger partial charge in [-0.05, 0) is 0 Å². The minimum atomic E-state index is -0.833. The minimum absolute atomic E-state index is 0. The van der Waals surface area contributed by atoms with E-state index >= 15 is 0 Å². The first-order valence-electron chi connectivity index (χ1n) is 2.10. The number of carboxylic acids is 1. The van der Waals surface area contributed by atoms with Crippen LogP contribution in [0, 0.1) is 11.3 Å². The lowest BCUT2D eigenvalue weighted by Crippen LogP contribution is -1.78. The predicted molar refractivity (Wildman–Crippen MR) is 41.4 cm³/mol. The first-order valence-corrected chi connectivity index (χ1v) is 2.10. The molecule has 11 heavy (non-hydrogen) atoms. The molecule has 0 spiro atoms. The zero-order chi connectivity index (χ0) is 8.28. The molecule has 0 aliphatic carbocycles. The largest absolute Gasteiger partial charge is 0.481 e. The summed E-state index contributed by atoms with van der Waals surface area (Å²) in [7, 11) is 1.00. The van der Waals surface area contributed by atoms with Crippen LogP contribution in [0.15, 0.2) is 0 Å². The molecule has 6 heteroatoms. The molecule has 0 fully saturated rings. The lowest BCUT2D eigenvalue weighted by atomic mass is 10.9. The number of aliphatic hydroxyl groups is 1. The fourth-order valence-corrected chi connectivity index (χ4v) is 0. The van der Waals surface area contributed by atoms with Crippen LogP contribution >= 0.6 is 0 Å². The monoisotopic (exact) mass is 168 g/mol. The zero-order valence-electron chi connectivity index (χ0n) is 6.96. The van der Waals surface area contributed by atoms with Crippen molar-refractivity contribution in [1.82, 2.24) is 6.15 Å². The van der Waals surface area contributed by atoms with Crippen molar-refractivity contribution in [1.29, 1.82) is 5.26 Å². The number of nitrogens with zero attached hydrogens (tertiary/aromatic N) is 1. The molecule has 0 aliphatic heterocycles. The van der Waals surface area contributed by atoms with E-state index in [-0.39, 0.29) is 11.6 Å². The van der Waals surface area contributed by atoms with Crippen molar-refractivity contribution in [3.05, 3.63) is 0 Å². The van der Waals surface area contributed by atoms with Gasteiger partial charge in [-0.2, -0.15) is 5.26 Å². The average Bonchev–Trinajstić information content (AvgIpc) is 1.71. The molecule has 0 saturated carbocycles. The fourth-order valence-electron chi connectivity index (χ4n) is 0. The molecule has 0 bridgehead atoms. The molecule has 7 N–H and O–H groups in total. The normalized spacial score (nSPS) is 3.55. The van der Waals surface area contributed by atoms with Gasteiger partial charge in [-0.15, -0.1) is 0 Å². The summed E-state index contributed by atoms with van der Waals surface area (Å²) in [5, 5.41) is 21.7. The van der Waals surface area contributed by atoms with Crippen LogP contribution in [0.2, 0.25) is 0 Å². The number of carboxylic acid groups (broad SMARTS) is 1. The Kier molecular flexibility index (Phi) is 201. The highest BCUT2D eigenvalue weighted by molar-refractivity contribution is 5.62. The maximum atomic E-state index is 9.00. The Balaban J connectivity index is -0.0000000158. The molecule has 0 amide bonds. The van der Waals surface area contributed by atoms with E-state index in [0.29, 0.717) is 0 Å². The van der Waals surface area contributed by atoms with Crippen LogP contribution in [-0.4, -0.2) is 28.8 Å². The number of aliphatic hydroxyl groups excluding tert-OH is 1. The van der Waals surface area contributed by atoms with Crippen LogP contribution in [-0.2, 0) is 4.79 Å². The smallest absolute Gasteiger partial charge is 0.300 e. The van der Waals surface area contributed by atoms with E-state index in [9.17, 15) is 0 Å². The van der Waals surface area contributed by atoms with Gasteiger partial charge in [0.05, 0.1) is 6.07 Å². The third-order valence-electron chi connectivity index (χ3n) is 0. The Morgan fingerprint density at radius 2 is 1.45 bits per heavy atom. The van der Waals surface area contributed by atoms with Crippen molar-refractivity contribution in [3.8, 4) is 6.07 Å². The summed E-state index contributed by atoms with van der Waals surface area (Å²) in [5.41, 5.74) is 0. The van der Waals surface area contributed by atoms with Crippen LogP contribution in [0.1, 0.15) is 13.8 Å². The van der Waals surface area contributed by atoms with Gasteiger partial charge in [0, 0.05) is 21.0 Å². The maximum absolute atomic E-state index is 9.00. The van der Waals surface area contributed by atoms with Crippen LogP contribution in [0.4, 0.5) is 0 Å². The van der Waals surface area contributed by atoms with Crippen LogP contribution in [0.3, 0.4) is 0 Å². The van der Waals surface area contributed by atoms with E-state index in [1.54, 1.807) is 6.07 Å². The summed E-state index contributed by atoms with van der Waals surface area (Å²) in [4.78, 5) is 9.00. The van der Waals surface area contributed by atoms with E-state index in [1.807, 2.05) is 0 Å². The van der Waals surface area contributed by atoms with E-state index in [4.69, 9.17) is 20.3 Å². The first kappa shape index (κ1) is 32.8. The second kappa shape index (κ2) is 67.4. The van der Waals surface area contributed by atoms with E-state index in [0.717, 1.165) is 14.0 Å². The minimum Gasteiger partial charge on any atom is -0.481 e. The molecule has 0 aromatic heterocycles. The lowest BCUT2D eigenvalue weighted by Gasteiger charge is -1.59. The molecule has 0 radical (unpaired) electrons. The topological polar surface area (TPSA) is 148 Å². The number of hydrogen-bond donors (Lipinski definition) is 3. The van der Waals surface area contributed by atoms with Gasteiger partial charge in [0.15, 0.2) is 0 Å². The summed E-state index contributed by atoms with van der Waals surface area (Å²) < 4.78 is 0. The van der Waals surface area contributed by atoms with E-state index < -0.39 is 5.97 Å². The van der Waals surface area contributed by atoms with Crippen LogP contribution < -0.4 is 6.15 Å². The second-order valence-electron chi connectivity index (χ2n) is 0.743. The third kappa shape index (κ3) is 307. The van der Waals surface area contributed by atoms with E-state index in [2.05, 4.69) is 0 Å². The molecular formula is C5H16N2O4. The molecule has 0 saturated heterocycles.